The maximum absolute atomic E-state index is 6.10. The average molecular weight is 278 g/mol. The Morgan fingerprint density at radius 2 is 2.16 bits per heavy atom. The number of hydrogen-bond acceptors (Lipinski definition) is 2. The smallest absolute Gasteiger partial charge is 0.110 e. The number of nitrogens with one attached hydrogen (secondary N) is 1. The molecule has 19 heavy (non-hydrogen) atoms. The number of imidazole rings is 1. The van der Waals surface area contributed by atoms with Crippen molar-refractivity contribution >= 4 is 22.6 Å². The van der Waals surface area contributed by atoms with Crippen LogP contribution < -0.4 is 5.32 Å². The van der Waals surface area contributed by atoms with Gasteiger partial charge in [0.2, 0.25) is 0 Å². The van der Waals surface area contributed by atoms with Gasteiger partial charge in [0.15, 0.2) is 0 Å². The predicted molar refractivity (Wildman–Crippen MR) is 79.7 cm³/mol. The summed E-state index contributed by atoms with van der Waals surface area (Å²) in [6, 6.07) is 5.97. The highest BCUT2D eigenvalue weighted by atomic mass is 35.5. The molecule has 0 saturated carbocycles. The quantitative estimate of drug-likeness (QED) is 0.933. The number of hydrogen-bond donors (Lipinski definition) is 1. The lowest BCUT2D eigenvalue weighted by molar-refractivity contribution is 0.364. The van der Waals surface area contributed by atoms with Crippen LogP contribution >= 0.6 is 11.6 Å². The van der Waals surface area contributed by atoms with Crippen molar-refractivity contribution < 1.29 is 0 Å². The maximum atomic E-state index is 6.10. The van der Waals surface area contributed by atoms with Gasteiger partial charge in [-0.1, -0.05) is 11.6 Å². The molecule has 0 aliphatic carbocycles. The third kappa shape index (κ3) is 2.63. The SMILES string of the molecule is CCn1c(CC2CCNCC2)nc2ccc(Cl)cc21. The second-order valence-electron chi connectivity index (χ2n) is 5.30. The van der Waals surface area contributed by atoms with Gasteiger partial charge in [0.05, 0.1) is 11.0 Å². The van der Waals surface area contributed by atoms with Gasteiger partial charge in [-0.15, -0.1) is 0 Å². The lowest BCUT2D eigenvalue weighted by Gasteiger charge is -2.22. The molecule has 1 aliphatic heterocycles. The van der Waals surface area contributed by atoms with Crippen LogP contribution in [-0.4, -0.2) is 22.6 Å². The zero-order chi connectivity index (χ0) is 13.2. The van der Waals surface area contributed by atoms with E-state index in [0.717, 1.165) is 42.5 Å². The fourth-order valence-electron chi connectivity index (χ4n) is 3.00. The van der Waals surface area contributed by atoms with Crippen molar-refractivity contribution in [1.82, 2.24) is 14.9 Å². The second kappa shape index (κ2) is 5.51. The first-order valence-electron chi connectivity index (χ1n) is 7.13. The average Bonchev–Trinajstić information content (AvgIpc) is 2.76. The number of aromatic nitrogens is 2. The summed E-state index contributed by atoms with van der Waals surface area (Å²) in [5, 5.41) is 4.21. The number of benzene rings is 1. The van der Waals surface area contributed by atoms with Crippen molar-refractivity contribution in [3.8, 4) is 0 Å². The zero-order valence-electron chi connectivity index (χ0n) is 11.3. The Balaban J connectivity index is 1.93. The van der Waals surface area contributed by atoms with E-state index in [-0.39, 0.29) is 0 Å². The fraction of sp³-hybridized carbons (Fsp3) is 0.533. The molecule has 0 atom stereocenters. The summed E-state index contributed by atoms with van der Waals surface area (Å²) in [5.41, 5.74) is 2.23. The molecule has 102 valence electrons. The van der Waals surface area contributed by atoms with Crippen LogP contribution in [0.5, 0.6) is 0 Å². The normalized spacial score (nSPS) is 17.2. The lowest BCUT2D eigenvalue weighted by atomic mass is 9.94. The molecule has 0 amide bonds. The lowest BCUT2D eigenvalue weighted by Crippen LogP contribution is -2.29. The van der Waals surface area contributed by atoms with E-state index in [2.05, 4.69) is 16.8 Å². The van der Waals surface area contributed by atoms with Crippen LogP contribution in [0, 0.1) is 5.92 Å². The summed E-state index contributed by atoms with van der Waals surface area (Å²) in [7, 11) is 0. The van der Waals surface area contributed by atoms with Crippen LogP contribution in [0.4, 0.5) is 0 Å². The fourth-order valence-corrected chi connectivity index (χ4v) is 3.16. The predicted octanol–water partition coefficient (Wildman–Crippen LogP) is 3.25. The van der Waals surface area contributed by atoms with E-state index in [0.29, 0.717) is 0 Å². The second-order valence-corrected chi connectivity index (χ2v) is 5.74. The van der Waals surface area contributed by atoms with Crippen molar-refractivity contribution in [2.75, 3.05) is 13.1 Å². The van der Waals surface area contributed by atoms with E-state index in [9.17, 15) is 0 Å². The minimum absolute atomic E-state index is 0.763. The third-order valence-electron chi connectivity index (χ3n) is 4.04. The molecule has 0 spiro atoms. The topological polar surface area (TPSA) is 29.9 Å². The van der Waals surface area contributed by atoms with E-state index in [1.807, 2.05) is 18.2 Å². The zero-order valence-corrected chi connectivity index (χ0v) is 12.1. The highest BCUT2D eigenvalue weighted by Gasteiger charge is 2.18. The molecule has 1 aromatic carbocycles. The Morgan fingerprint density at radius 1 is 1.37 bits per heavy atom. The van der Waals surface area contributed by atoms with Crippen LogP contribution in [0.1, 0.15) is 25.6 Å². The first kappa shape index (κ1) is 12.9. The summed E-state index contributed by atoms with van der Waals surface area (Å²) in [4.78, 5) is 4.80. The van der Waals surface area contributed by atoms with Gasteiger partial charge in [-0.3, -0.25) is 0 Å². The minimum Gasteiger partial charge on any atom is -0.328 e. The van der Waals surface area contributed by atoms with Crippen molar-refractivity contribution in [3.05, 3.63) is 29.0 Å². The highest BCUT2D eigenvalue weighted by Crippen LogP contribution is 2.24. The van der Waals surface area contributed by atoms with Gasteiger partial charge in [0.1, 0.15) is 5.82 Å². The van der Waals surface area contributed by atoms with Crippen molar-refractivity contribution in [1.29, 1.82) is 0 Å². The molecular weight excluding hydrogens is 258 g/mol. The summed E-state index contributed by atoms with van der Waals surface area (Å²) >= 11 is 6.10. The van der Waals surface area contributed by atoms with Crippen molar-refractivity contribution in [2.45, 2.75) is 32.7 Å². The highest BCUT2D eigenvalue weighted by molar-refractivity contribution is 6.31. The molecule has 0 radical (unpaired) electrons. The minimum atomic E-state index is 0.763. The molecule has 0 bridgehead atoms. The molecule has 4 heteroatoms. The van der Waals surface area contributed by atoms with Crippen LogP contribution in [0.2, 0.25) is 5.02 Å². The standard InChI is InChI=1S/C15H20ClN3/c1-2-19-14-10-12(16)3-4-13(14)18-15(19)9-11-5-7-17-8-6-11/h3-4,10-11,17H,2,5-9H2,1H3. The Morgan fingerprint density at radius 3 is 2.89 bits per heavy atom. The number of aryl methyl sites for hydroxylation is 1. The van der Waals surface area contributed by atoms with Crippen LogP contribution in [0.15, 0.2) is 18.2 Å². The molecule has 1 fully saturated rings. The van der Waals surface area contributed by atoms with E-state index >= 15 is 0 Å². The summed E-state index contributed by atoms with van der Waals surface area (Å²) in [5.74, 6) is 1.98. The van der Waals surface area contributed by atoms with Gasteiger partial charge in [0.25, 0.3) is 0 Å². The Hall–Kier alpha value is -1.06. The van der Waals surface area contributed by atoms with Crippen LogP contribution in [0.3, 0.4) is 0 Å². The molecule has 2 heterocycles. The van der Waals surface area contributed by atoms with E-state index < -0.39 is 0 Å². The molecule has 0 unspecified atom stereocenters. The molecule has 1 N–H and O–H groups in total. The number of halogens is 1. The van der Waals surface area contributed by atoms with Gasteiger partial charge in [-0.2, -0.15) is 0 Å². The van der Waals surface area contributed by atoms with Gasteiger partial charge in [0, 0.05) is 18.0 Å². The van der Waals surface area contributed by atoms with E-state index in [1.54, 1.807) is 0 Å². The maximum Gasteiger partial charge on any atom is 0.110 e. The first-order chi connectivity index (χ1) is 9.28. The number of nitrogens with zero attached hydrogens (tertiary/aromatic N) is 2. The van der Waals surface area contributed by atoms with Gasteiger partial charge >= 0.3 is 0 Å². The molecule has 2 aromatic rings. The molecular formula is C15H20ClN3. The summed E-state index contributed by atoms with van der Waals surface area (Å²) in [6.07, 6.45) is 3.60. The molecule has 1 aliphatic rings. The van der Waals surface area contributed by atoms with Crippen molar-refractivity contribution in [2.24, 2.45) is 5.92 Å². The van der Waals surface area contributed by atoms with Gasteiger partial charge in [-0.05, 0) is 57.0 Å². The Labute approximate surface area is 119 Å². The summed E-state index contributed by atoms with van der Waals surface area (Å²) in [6.45, 7) is 5.41. The Bertz CT molecular complexity index is 570. The van der Waals surface area contributed by atoms with E-state index in [1.165, 1.54) is 24.2 Å². The number of piperidine rings is 1. The first-order valence-corrected chi connectivity index (χ1v) is 7.51. The number of rotatable bonds is 3. The van der Waals surface area contributed by atoms with Crippen LogP contribution in [0.25, 0.3) is 11.0 Å². The van der Waals surface area contributed by atoms with Crippen molar-refractivity contribution in [3.63, 3.8) is 0 Å². The van der Waals surface area contributed by atoms with Crippen LogP contribution in [-0.2, 0) is 13.0 Å². The molecule has 3 rings (SSSR count). The molecule has 1 saturated heterocycles. The van der Waals surface area contributed by atoms with Gasteiger partial charge < -0.3 is 9.88 Å². The summed E-state index contributed by atoms with van der Waals surface area (Å²) < 4.78 is 2.31. The molecule has 1 aromatic heterocycles. The Kier molecular flexibility index (Phi) is 3.76. The van der Waals surface area contributed by atoms with Gasteiger partial charge in [-0.25, -0.2) is 4.98 Å². The third-order valence-corrected chi connectivity index (χ3v) is 4.27. The van der Waals surface area contributed by atoms with E-state index in [4.69, 9.17) is 16.6 Å². The largest absolute Gasteiger partial charge is 0.328 e. The molecule has 3 nitrogen and oxygen atoms in total. The number of fused-ring (bicyclic) bond motifs is 1. The monoisotopic (exact) mass is 277 g/mol.